The zero-order valence-corrected chi connectivity index (χ0v) is 17.0. The monoisotopic (exact) mass is 443 g/mol. The lowest BCUT2D eigenvalue weighted by Crippen LogP contribution is -2.26. The van der Waals surface area contributed by atoms with Crippen molar-refractivity contribution in [1.29, 1.82) is 0 Å². The Labute approximate surface area is 174 Å². The molecule has 0 radical (unpaired) electrons. The molecule has 6 nitrogen and oxygen atoms in total. The highest BCUT2D eigenvalue weighted by atomic mass is 35.5. The molecule has 1 atom stereocenters. The Morgan fingerprint density at radius 1 is 1.20 bits per heavy atom. The molecule has 0 saturated carbocycles. The van der Waals surface area contributed by atoms with E-state index in [4.69, 9.17) is 11.6 Å². The number of amides is 1. The fraction of sp³-hybridized carbons (Fsp3) is 0.316. The summed E-state index contributed by atoms with van der Waals surface area (Å²) in [4.78, 5) is 12.5. The summed E-state index contributed by atoms with van der Waals surface area (Å²) in [5.41, 5.74) is 0.0118. The Kier molecular flexibility index (Phi) is 5.89. The van der Waals surface area contributed by atoms with Crippen molar-refractivity contribution in [3.05, 3.63) is 63.8 Å². The largest absolute Gasteiger partial charge is 0.435 e. The molecule has 3 rings (SSSR count). The lowest BCUT2D eigenvalue weighted by Gasteiger charge is -2.13. The van der Waals surface area contributed by atoms with Crippen LogP contribution in [0.2, 0.25) is 5.02 Å². The third-order valence-corrected chi connectivity index (χ3v) is 4.92. The van der Waals surface area contributed by atoms with Crippen molar-refractivity contribution in [3.63, 3.8) is 0 Å². The van der Waals surface area contributed by atoms with E-state index in [0.717, 1.165) is 10.7 Å². The Hall–Kier alpha value is -2.88. The lowest BCUT2D eigenvalue weighted by molar-refractivity contribution is -0.141. The Morgan fingerprint density at radius 3 is 2.50 bits per heavy atom. The van der Waals surface area contributed by atoms with Gasteiger partial charge in [0.05, 0.1) is 6.54 Å². The van der Waals surface area contributed by atoms with Gasteiger partial charge in [-0.1, -0.05) is 17.7 Å². The Balaban J connectivity index is 1.76. The molecular weight excluding hydrogens is 426 g/mol. The summed E-state index contributed by atoms with van der Waals surface area (Å²) < 4.78 is 55.0. The molecule has 0 aliphatic carbocycles. The van der Waals surface area contributed by atoms with Crippen LogP contribution in [0.15, 0.2) is 30.3 Å². The number of hydrogen-bond donors (Lipinski definition) is 1. The van der Waals surface area contributed by atoms with E-state index in [9.17, 15) is 22.4 Å². The molecule has 1 amide bonds. The third-order valence-electron chi connectivity index (χ3n) is 4.56. The van der Waals surface area contributed by atoms with Gasteiger partial charge < -0.3 is 5.32 Å². The van der Waals surface area contributed by atoms with Gasteiger partial charge in [-0.3, -0.25) is 14.2 Å². The van der Waals surface area contributed by atoms with Crippen LogP contribution in [0.3, 0.4) is 0 Å². The maximum absolute atomic E-state index is 14.0. The van der Waals surface area contributed by atoms with Gasteiger partial charge in [0.1, 0.15) is 11.9 Å². The summed E-state index contributed by atoms with van der Waals surface area (Å²) >= 11 is 6.04. The van der Waals surface area contributed by atoms with Gasteiger partial charge in [0.15, 0.2) is 11.5 Å². The second-order valence-electron chi connectivity index (χ2n) is 6.81. The van der Waals surface area contributed by atoms with Gasteiger partial charge in [-0.25, -0.2) is 4.39 Å². The number of rotatable bonds is 5. The first-order valence-electron chi connectivity index (χ1n) is 8.89. The minimum absolute atomic E-state index is 0.0516. The second-order valence-corrected chi connectivity index (χ2v) is 7.21. The molecule has 1 N–H and O–H groups in total. The minimum Gasteiger partial charge on any atom is -0.307 e. The van der Waals surface area contributed by atoms with Gasteiger partial charge in [0, 0.05) is 28.0 Å². The smallest absolute Gasteiger partial charge is 0.307 e. The molecule has 0 saturated heterocycles. The third kappa shape index (κ3) is 4.48. The van der Waals surface area contributed by atoms with Crippen LogP contribution in [0.1, 0.15) is 35.6 Å². The Bertz CT molecular complexity index is 1070. The van der Waals surface area contributed by atoms with Crippen LogP contribution >= 0.6 is 11.6 Å². The van der Waals surface area contributed by atoms with E-state index in [1.54, 1.807) is 19.1 Å². The van der Waals surface area contributed by atoms with Gasteiger partial charge >= 0.3 is 6.18 Å². The SMILES string of the molecule is Cc1cc(NC(=O)C(C)n2nc(C(F)(F)F)cc2C)nn1Cc1c(F)cccc1Cl. The molecule has 2 heterocycles. The average molecular weight is 444 g/mol. The van der Waals surface area contributed by atoms with E-state index in [2.05, 4.69) is 15.5 Å². The quantitative estimate of drug-likeness (QED) is 0.578. The number of hydrogen-bond acceptors (Lipinski definition) is 3. The number of nitrogens with zero attached hydrogens (tertiary/aromatic N) is 4. The van der Waals surface area contributed by atoms with Crippen LogP contribution in [0.4, 0.5) is 23.4 Å². The molecule has 0 spiro atoms. The van der Waals surface area contributed by atoms with Crippen molar-refractivity contribution in [2.24, 2.45) is 0 Å². The van der Waals surface area contributed by atoms with Crippen LogP contribution < -0.4 is 5.32 Å². The first-order valence-corrected chi connectivity index (χ1v) is 9.26. The van der Waals surface area contributed by atoms with Crippen LogP contribution in [0.5, 0.6) is 0 Å². The van der Waals surface area contributed by atoms with Gasteiger partial charge in [-0.05, 0) is 39.0 Å². The molecule has 30 heavy (non-hydrogen) atoms. The summed E-state index contributed by atoms with van der Waals surface area (Å²) in [5.74, 6) is -0.896. The predicted molar refractivity (Wildman–Crippen MR) is 103 cm³/mol. The molecule has 1 unspecified atom stereocenters. The van der Waals surface area contributed by atoms with Crippen LogP contribution in [-0.4, -0.2) is 25.5 Å². The van der Waals surface area contributed by atoms with Crippen molar-refractivity contribution in [1.82, 2.24) is 19.6 Å². The minimum atomic E-state index is -4.60. The normalized spacial score (nSPS) is 12.8. The topological polar surface area (TPSA) is 64.7 Å². The molecule has 0 fully saturated rings. The standard InChI is InChI=1S/C19H18ClF4N5O/c1-10-8-17(27-28(10)9-13-14(20)5-4-6-15(13)21)25-18(30)12(3)29-11(2)7-16(26-29)19(22,23)24/h4-8,12H,9H2,1-3H3,(H,25,27,30). The van der Waals surface area contributed by atoms with Gasteiger partial charge in [-0.2, -0.15) is 23.4 Å². The number of benzene rings is 1. The van der Waals surface area contributed by atoms with Crippen LogP contribution in [0, 0.1) is 19.7 Å². The maximum Gasteiger partial charge on any atom is 0.435 e. The summed E-state index contributed by atoms with van der Waals surface area (Å²) in [6.07, 6.45) is -4.60. The first-order chi connectivity index (χ1) is 14.0. The van der Waals surface area contributed by atoms with Crippen LogP contribution in [-0.2, 0) is 17.5 Å². The van der Waals surface area contributed by atoms with Gasteiger partial charge in [0.25, 0.3) is 0 Å². The van der Waals surface area contributed by atoms with Crippen molar-refractivity contribution >= 4 is 23.3 Å². The summed E-state index contributed by atoms with van der Waals surface area (Å²) in [7, 11) is 0. The number of aromatic nitrogens is 4. The Morgan fingerprint density at radius 2 is 1.90 bits per heavy atom. The lowest BCUT2D eigenvalue weighted by atomic mass is 10.2. The van der Waals surface area contributed by atoms with E-state index >= 15 is 0 Å². The van der Waals surface area contributed by atoms with E-state index in [-0.39, 0.29) is 28.6 Å². The molecule has 1 aromatic carbocycles. The molecule has 3 aromatic rings. The van der Waals surface area contributed by atoms with Crippen molar-refractivity contribution < 1.29 is 22.4 Å². The van der Waals surface area contributed by atoms with E-state index in [1.807, 2.05) is 0 Å². The van der Waals surface area contributed by atoms with Crippen LogP contribution in [0.25, 0.3) is 0 Å². The number of halogens is 5. The second kappa shape index (κ2) is 8.10. The number of carbonyl (C=O) groups is 1. The van der Waals surface area contributed by atoms with E-state index in [0.29, 0.717) is 5.69 Å². The number of anilines is 1. The highest BCUT2D eigenvalue weighted by Crippen LogP contribution is 2.29. The average Bonchev–Trinajstić information content (AvgIpc) is 3.20. The zero-order valence-electron chi connectivity index (χ0n) is 16.3. The molecule has 11 heteroatoms. The highest BCUT2D eigenvalue weighted by molar-refractivity contribution is 6.31. The maximum atomic E-state index is 14.0. The number of nitrogens with one attached hydrogen (secondary N) is 1. The highest BCUT2D eigenvalue weighted by Gasteiger charge is 2.35. The van der Waals surface area contributed by atoms with E-state index < -0.39 is 29.6 Å². The molecule has 0 bridgehead atoms. The summed E-state index contributed by atoms with van der Waals surface area (Å²) in [5, 5.41) is 10.5. The summed E-state index contributed by atoms with van der Waals surface area (Å²) in [6, 6.07) is 5.77. The predicted octanol–water partition coefficient (Wildman–Crippen LogP) is 4.76. The van der Waals surface area contributed by atoms with Gasteiger partial charge in [0.2, 0.25) is 5.91 Å². The molecule has 2 aromatic heterocycles. The fourth-order valence-electron chi connectivity index (χ4n) is 2.92. The van der Waals surface area contributed by atoms with Gasteiger partial charge in [-0.15, -0.1) is 0 Å². The number of carbonyl (C=O) groups excluding carboxylic acids is 1. The van der Waals surface area contributed by atoms with Crippen molar-refractivity contribution in [2.75, 3.05) is 5.32 Å². The first kappa shape index (κ1) is 21.8. The molecule has 0 aliphatic rings. The number of aryl methyl sites for hydroxylation is 2. The van der Waals surface area contributed by atoms with E-state index in [1.165, 1.54) is 30.7 Å². The zero-order chi connectivity index (χ0) is 22.2. The van der Waals surface area contributed by atoms with Crippen molar-refractivity contribution in [2.45, 2.75) is 39.5 Å². The summed E-state index contributed by atoms with van der Waals surface area (Å²) in [6.45, 7) is 4.63. The molecular formula is C19H18ClF4N5O. The fourth-order valence-corrected chi connectivity index (χ4v) is 3.15. The molecule has 160 valence electrons. The number of alkyl halides is 3. The van der Waals surface area contributed by atoms with Crippen molar-refractivity contribution in [3.8, 4) is 0 Å². The molecule has 0 aliphatic heterocycles.